The number of alkyl halides is 1. The number of rotatable bonds is 5. The molecule has 0 saturated carbocycles. The van der Waals surface area contributed by atoms with Crippen LogP contribution in [0.3, 0.4) is 0 Å². The number of carbonyl (C=O) groups excluding carboxylic acids is 1. The Morgan fingerprint density at radius 1 is 1.38 bits per heavy atom. The molecule has 0 aromatic heterocycles. The second-order valence-corrected chi connectivity index (χ2v) is 3.73. The average Bonchev–Trinajstić information content (AvgIpc) is 2.35. The Morgan fingerprint density at radius 3 is 2.62 bits per heavy atom. The van der Waals surface area contributed by atoms with Crippen molar-refractivity contribution in [2.24, 2.45) is 0 Å². The molecule has 0 unspecified atom stereocenters. The lowest BCUT2D eigenvalue weighted by Crippen LogP contribution is -1.97. The molecule has 0 spiro atoms. The molecule has 0 N–H and O–H groups in total. The van der Waals surface area contributed by atoms with E-state index in [1.807, 2.05) is 30.3 Å². The second-order valence-electron chi connectivity index (χ2n) is 3.35. The van der Waals surface area contributed by atoms with E-state index in [9.17, 15) is 4.79 Å². The zero-order chi connectivity index (χ0) is 11.8. The fraction of sp³-hybridized carbons (Fsp3) is 0.308. The third-order valence-electron chi connectivity index (χ3n) is 2.22. The van der Waals surface area contributed by atoms with Gasteiger partial charge >= 0.3 is 5.97 Å². The van der Waals surface area contributed by atoms with Crippen LogP contribution in [0.5, 0.6) is 0 Å². The molecule has 2 nitrogen and oxygen atoms in total. The highest BCUT2D eigenvalue weighted by Gasteiger charge is 2.04. The summed E-state index contributed by atoms with van der Waals surface area (Å²) in [5.74, 6) is 0.263. The van der Waals surface area contributed by atoms with Gasteiger partial charge in [-0.1, -0.05) is 30.3 Å². The summed E-state index contributed by atoms with van der Waals surface area (Å²) in [7, 11) is 1.38. The Morgan fingerprint density at radius 2 is 2.06 bits per heavy atom. The minimum Gasteiger partial charge on any atom is -0.466 e. The zero-order valence-electron chi connectivity index (χ0n) is 9.28. The van der Waals surface area contributed by atoms with Crippen molar-refractivity contribution in [1.29, 1.82) is 0 Å². The Bertz CT molecular complexity index is 357. The molecule has 0 aliphatic heterocycles. The predicted octanol–water partition coefficient (Wildman–Crippen LogP) is 3.26. The highest BCUT2D eigenvalue weighted by Crippen LogP contribution is 2.20. The summed E-state index contributed by atoms with van der Waals surface area (Å²) in [6.45, 7) is 0. The first-order valence-electron chi connectivity index (χ1n) is 5.18. The first kappa shape index (κ1) is 12.8. The van der Waals surface area contributed by atoms with E-state index in [0.29, 0.717) is 5.88 Å². The summed E-state index contributed by atoms with van der Waals surface area (Å²) < 4.78 is 4.63. The summed E-state index contributed by atoms with van der Waals surface area (Å²) >= 11 is 5.66. The van der Waals surface area contributed by atoms with E-state index in [2.05, 4.69) is 4.74 Å². The maximum absolute atomic E-state index is 11.2. The Kier molecular flexibility index (Phi) is 5.65. The maximum Gasteiger partial charge on any atom is 0.330 e. The van der Waals surface area contributed by atoms with Crippen LogP contribution in [0.25, 0.3) is 5.57 Å². The number of benzene rings is 1. The minimum absolute atomic E-state index is 0.326. The quantitative estimate of drug-likeness (QED) is 0.447. The third kappa shape index (κ3) is 4.07. The summed E-state index contributed by atoms with van der Waals surface area (Å²) in [5.41, 5.74) is 2.01. The molecule has 1 aromatic rings. The highest BCUT2D eigenvalue weighted by atomic mass is 35.5. The lowest BCUT2D eigenvalue weighted by atomic mass is 10.0. The molecule has 0 aliphatic carbocycles. The van der Waals surface area contributed by atoms with Crippen LogP contribution in [-0.2, 0) is 9.53 Å². The van der Waals surface area contributed by atoms with Gasteiger partial charge in [-0.15, -0.1) is 11.6 Å². The van der Waals surface area contributed by atoms with Gasteiger partial charge in [-0.2, -0.15) is 0 Å². The van der Waals surface area contributed by atoms with Gasteiger partial charge in [0.1, 0.15) is 0 Å². The van der Waals surface area contributed by atoms with Crippen LogP contribution in [0, 0.1) is 0 Å². The topological polar surface area (TPSA) is 26.3 Å². The van der Waals surface area contributed by atoms with Crippen molar-refractivity contribution in [2.45, 2.75) is 12.8 Å². The van der Waals surface area contributed by atoms with Crippen molar-refractivity contribution in [2.75, 3.05) is 13.0 Å². The standard InChI is InChI=1S/C13H15ClO2/c1-16-13(15)10-12(8-5-9-14)11-6-3-2-4-7-11/h2-4,6-7,10H,5,8-9H2,1H3/b12-10+. The smallest absolute Gasteiger partial charge is 0.330 e. The molecule has 1 aromatic carbocycles. The molecule has 0 radical (unpaired) electrons. The van der Waals surface area contributed by atoms with Crippen LogP contribution in [0.4, 0.5) is 0 Å². The molecule has 0 heterocycles. The SMILES string of the molecule is COC(=O)/C=C(\CCCCl)c1ccccc1. The lowest BCUT2D eigenvalue weighted by Gasteiger charge is -2.06. The fourth-order valence-corrected chi connectivity index (χ4v) is 1.54. The Labute approximate surface area is 101 Å². The zero-order valence-corrected chi connectivity index (χ0v) is 10.0. The van der Waals surface area contributed by atoms with Crippen LogP contribution in [0.1, 0.15) is 18.4 Å². The van der Waals surface area contributed by atoms with Gasteiger partial charge in [0.25, 0.3) is 0 Å². The van der Waals surface area contributed by atoms with Gasteiger partial charge in [0.2, 0.25) is 0 Å². The number of halogens is 1. The van der Waals surface area contributed by atoms with Crippen molar-refractivity contribution in [3.05, 3.63) is 42.0 Å². The number of hydrogen-bond acceptors (Lipinski definition) is 2. The van der Waals surface area contributed by atoms with E-state index >= 15 is 0 Å². The Balaban J connectivity index is 2.87. The summed E-state index contributed by atoms with van der Waals surface area (Å²) in [5, 5.41) is 0. The molecule has 0 fully saturated rings. The summed E-state index contributed by atoms with van der Waals surface area (Å²) in [4.78, 5) is 11.2. The Hall–Kier alpha value is -1.28. The van der Waals surface area contributed by atoms with Gasteiger partial charge in [0.05, 0.1) is 7.11 Å². The van der Waals surface area contributed by atoms with Crippen LogP contribution < -0.4 is 0 Å². The van der Waals surface area contributed by atoms with Gasteiger partial charge in [0.15, 0.2) is 0 Å². The van der Waals surface area contributed by atoms with Gasteiger partial charge in [0, 0.05) is 12.0 Å². The van der Waals surface area contributed by atoms with E-state index in [1.54, 1.807) is 0 Å². The van der Waals surface area contributed by atoms with Gasteiger partial charge < -0.3 is 4.74 Å². The van der Waals surface area contributed by atoms with E-state index in [1.165, 1.54) is 13.2 Å². The largest absolute Gasteiger partial charge is 0.466 e. The van der Waals surface area contributed by atoms with Crippen molar-refractivity contribution >= 4 is 23.1 Å². The number of methoxy groups -OCH3 is 1. The number of allylic oxidation sites excluding steroid dienone is 1. The van der Waals surface area contributed by atoms with Gasteiger partial charge in [-0.3, -0.25) is 0 Å². The van der Waals surface area contributed by atoms with Crippen molar-refractivity contribution in [3.63, 3.8) is 0 Å². The average molecular weight is 239 g/mol. The monoisotopic (exact) mass is 238 g/mol. The lowest BCUT2D eigenvalue weighted by molar-refractivity contribution is -0.134. The molecule has 86 valence electrons. The molecule has 0 bridgehead atoms. The summed E-state index contributed by atoms with van der Waals surface area (Å²) in [6, 6.07) is 9.79. The van der Waals surface area contributed by atoms with Gasteiger partial charge in [-0.25, -0.2) is 4.79 Å². The van der Waals surface area contributed by atoms with E-state index in [0.717, 1.165) is 24.0 Å². The molecule has 16 heavy (non-hydrogen) atoms. The van der Waals surface area contributed by atoms with Crippen LogP contribution in [0.15, 0.2) is 36.4 Å². The molecule has 1 rings (SSSR count). The number of hydrogen-bond donors (Lipinski definition) is 0. The molecule has 0 aliphatic rings. The predicted molar refractivity (Wildman–Crippen MR) is 66.4 cm³/mol. The van der Waals surface area contributed by atoms with Crippen LogP contribution in [0.2, 0.25) is 0 Å². The maximum atomic E-state index is 11.2. The van der Waals surface area contributed by atoms with Crippen LogP contribution >= 0.6 is 11.6 Å². The van der Waals surface area contributed by atoms with Crippen LogP contribution in [-0.4, -0.2) is 19.0 Å². The fourth-order valence-electron chi connectivity index (χ4n) is 1.41. The number of ether oxygens (including phenoxy) is 1. The molecule has 0 amide bonds. The molecule has 0 saturated heterocycles. The molecule has 3 heteroatoms. The minimum atomic E-state index is -0.326. The van der Waals surface area contributed by atoms with Crippen molar-refractivity contribution in [3.8, 4) is 0 Å². The van der Waals surface area contributed by atoms with E-state index in [4.69, 9.17) is 11.6 Å². The molecular formula is C13H15ClO2. The first-order valence-corrected chi connectivity index (χ1v) is 5.71. The van der Waals surface area contributed by atoms with E-state index in [-0.39, 0.29) is 5.97 Å². The second kappa shape index (κ2) is 7.07. The molecule has 0 atom stereocenters. The third-order valence-corrected chi connectivity index (χ3v) is 2.48. The first-order chi connectivity index (χ1) is 7.77. The molecular weight excluding hydrogens is 224 g/mol. The highest BCUT2D eigenvalue weighted by molar-refractivity contribution is 6.17. The van der Waals surface area contributed by atoms with Gasteiger partial charge in [-0.05, 0) is 24.0 Å². The number of carbonyl (C=O) groups is 1. The number of esters is 1. The summed E-state index contributed by atoms with van der Waals surface area (Å²) in [6.07, 6.45) is 3.16. The normalized spacial score (nSPS) is 11.2. The van der Waals surface area contributed by atoms with E-state index < -0.39 is 0 Å². The van der Waals surface area contributed by atoms with Crippen molar-refractivity contribution < 1.29 is 9.53 Å². The van der Waals surface area contributed by atoms with Crippen molar-refractivity contribution in [1.82, 2.24) is 0 Å².